The number of rotatable bonds is 2. The molecule has 1 heterocycles. The van der Waals surface area contributed by atoms with Gasteiger partial charge in [-0.2, -0.15) is 0 Å². The molecular formula is C16H11ClFNO2. The number of furan rings is 1. The number of nitrogens with one attached hydrogen (secondary N) is 1. The maximum absolute atomic E-state index is 13.0. The molecule has 1 N–H and O–H groups in total. The molecule has 5 heteroatoms. The summed E-state index contributed by atoms with van der Waals surface area (Å²) in [5.74, 6) is -0.558. The summed E-state index contributed by atoms with van der Waals surface area (Å²) in [6, 6.07) is 10.9. The fraction of sp³-hybridized carbons (Fsp3) is 0.0625. The number of anilines is 1. The van der Waals surface area contributed by atoms with E-state index in [1.807, 2.05) is 0 Å². The van der Waals surface area contributed by atoms with Gasteiger partial charge in [0.25, 0.3) is 5.91 Å². The van der Waals surface area contributed by atoms with Crippen molar-refractivity contribution in [2.75, 3.05) is 5.32 Å². The lowest BCUT2D eigenvalue weighted by Crippen LogP contribution is -2.11. The molecule has 3 rings (SSSR count). The molecule has 3 nitrogen and oxygen atoms in total. The van der Waals surface area contributed by atoms with E-state index in [1.54, 1.807) is 31.2 Å². The van der Waals surface area contributed by atoms with Crippen molar-refractivity contribution in [2.24, 2.45) is 0 Å². The second kappa shape index (κ2) is 5.22. The van der Waals surface area contributed by atoms with Crippen molar-refractivity contribution >= 4 is 34.2 Å². The molecule has 1 aromatic heterocycles. The first-order chi connectivity index (χ1) is 10.0. The molecule has 0 aliphatic carbocycles. The Labute approximate surface area is 125 Å². The lowest BCUT2D eigenvalue weighted by molar-refractivity contribution is 0.0998. The number of hydrogen-bond donors (Lipinski definition) is 1. The van der Waals surface area contributed by atoms with Gasteiger partial charge in [0.05, 0.1) is 0 Å². The molecule has 0 radical (unpaired) electrons. The number of carbonyl (C=O) groups is 1. The largest absolute Gasteiger partial charge is 0.451 e. The molecule has 0 unspecified atom stereocenters. The summed E-state index contributed by atoms with van der Waals surface area (Å²) in [7, 11) is 0. The zero-order valence-corrected chi connectivity index (χ0v) is 11.9. The highest BCUT2D eigenvalue weighted by Gasteiger charge is 2.13. The van der Waals surface area contributed by atoms with Crippen LogP contribution in [0.3, 0.4) is 0 Å². The highest BCUT2D eigenvalue weighted by molar-refractivity contribution is 6.31. The van der Waals surface area contributed by atoms with E-state index in [0.29, 0.717) is 21.9 Å². The topological polar surface area (TPSA) is 42.2 Å². The SMILES string of the molecule is Cc1cc(F)ccc1NC(=O)c1cc2cc(Cl)ccc2o1. The fourth-order valence-corrected chi connectivity index (χ4v) is 2.26. The van der Waals surface area contributed by atoms with Crippen LogP contribution in [-0.2, 0) is 0 Å². The Morgan fingerprint density at radius 2 is 2.00 bits per heavy atom. The van der Waals surface area contributed by atoms with Crippen molar-refractivity contribution < 1.29 is 13.6 Å². The van der Waals surface area contributed by atoms with Crippen LogP contribution in [-0.4, -0.2) is 5.91 Å². The fourth-order valence-electron chi connectivity index (χ4n) is 2.08. The van der Waals surface area contributed by atoms with Gasteiger partial charge in [0.2, 0.25) is 0 Å². The number of benzene rings is 2. The van der Waals surface area contributed by atoms with Gasteiger partial charge in [-0.3, -0.25) is 4.79 Å². The maximum atomic E-state index is 13.0. The molecule has 0 atom stereocenters. The number of amides is 1. The first-order valence-corrected chi connectivity index (χ1v) is 6.67. The second-order valence-electron chi connectivity index (χ2n) is 4.71. The van der Waals surface area contributed by atoms with Gasteiger partial charge in [-0.15, -0.1) is 0 Å². The van der Waals surface area contributed by atoms with Gasteiger partial charge in [-0.1, -0.05) is 11.6 Å². The summed E-state index contributed by atoms with van der Waals surface area (Å²) in [4.78, 5) is 12.2. The highest BCUT2D eigenvalue weighted by Crippen LogP contribution is 2.24. The minimum Gasteiger partial charge on any atom is -0.451 e. The van der Waals surface area contributed by atoms with Crippen LogP contribution in [0.2, 0.25) is 5.02 Å². The normalized spacial score (nSPS) is 10.8. The molecule has 0 bridgehead atoms. The predicted molar refractivity (Wildman–Crippen MR) is 80.3 cm³/mol. The van der Waals surface area contributed by atoms with Crippen molar-refractivity contribution in [3.05, 3.63) is 64.6 Å². The Balaban J connectivity index is 1.89. The molecule has 21 heavy (non-hydrogen) atoms. The van der Waals surface area contributed by atoms with Crippen molar-refractivity contribution in [3.63, 3.8) is 0 Å². The molecule has 0 saturated heterocycles. The molecule has 0 aliphatic heterocycles. The number of carbonyl (C=O) groups excluding carboxylic acids is 1. The van der Waals surface area contributed by atoms with Crippen LogP contribution in [0, 0.1) is 12.7 Å². The molecule has 106 valence electrons. The van der Waals surface area contributed by atoms with Crippen LogP contribution in [0.15, 0.2) is 46.9 Å². The Morgan fingerprint density at radius 3 is 2.76 bits per heavy atom. The third-order valence-corrected chi connectivity index (χ3v) is 3.37. The van der Waals surface area contributed by atoms with E-state index < -0.39 is 5.91 Å². The zero-order valence-electron chi connectivity index (χ0n) is 11.1. The average Bonchev–Trinajstić information content (AvgIpc) is 2.85. The van der Waals surface area contributed by atoms with Gasteiger partial charge < -0.3 is 9.73 Å². The van der Waals surface area contributed by atoms with E-state index >= 15 is 0 Å². The minimum absolute atomic E-state index is 0.177. The number of aryl methyl sites for hydroxylation is 1. The quantitative estimate of drug-likeness (QED) is 0.740. The molecule has 0 saturated carbocycles. The molecule has 0 spiro atoms. The van der Waals surface area contributed by atoms with Gasteiger partial charge in [0.1, 0.15) is 11.4 Å². The Bertz CT molecular complexity index is 841. The van der Waals surface area contributed by atoms with Crippen molar-refractivity contribution in [1.29, 1.82) is 0 Å². The highest BCUT2D eigenvalue weighted by atomic mass is 35.5. The summed E-state index contributed by atoms with van der Waals surface area (Å²) in [5, 5.41) is 4.02. The van der Waals surface area contributed by atoms with E-state index in [9.17, 15) is 9.18 Å². The average molecular weight is 304 g/mol. The molecule has 0 aliphatic rings. The van der Waals surface area contributed by atoms with Crippen LogP contribution >= 0.6 is 11.6 Å². The first-order valence-electron chi connectivity index (χ1n) is 6.29. The van der Waals surface area contributed by atoms with Crippen LogP contribution in [0.5, 0.6) is 0 Å². The van der Waals surface area contributed by atoms with Gasteiger partial charge in [0, 0.05) is 16.1 Å². The monoisotopic (exact) mass is 303 g/mol. The zero-order chi connectivity index (χ0) is 15.0. The Hall–Kier alpha value is -2.33. The van der Waals surface area contributed by atoms with E-state index in [2.05, 4.69) is 5.32 Å². The van der Waals surface area contributed by atoms with Crippen molar-refractivity contribution in [2.45, 2.75) is 6.92 Å². The third kappa shape index (κ3) is 2.76. The summed E-state index contributed by atoms with van der Waals surface area (Å²) in [5.41, 5.74) is 1.77. The second-order valence-corrected chi connectivity index (χ2v) is 5.14. The minimum atomic E-state index is -0.392. The van der Waals surface area contributed by atoms with Crippen LogP contribution in [0.25, 0.3) is 11.0 Å². The van der Waals surface area contributed by atoms with Crippen molar-refractivity contribution in [1.82, 2.24) is 0 Å². The Kier molecular flexibility index (Phi) is 3.39. The van der Waals surface area contributed by atoms with Crippen molar-refractivity contribution in [3.8, 4) is 0 Å². The number of fused-ring (bicyclic) bond motifs is 1. The third-order valence-electron chi connectivity index (χ3n) is 3.14. The van der Waals surface area contributed by atoms with E-state index in [4.69, 9.17) is 16.0 Å². The standard InChI is InChI=1S/C16H11ClFNO2/c1-9-6-12(18)3-4-13(9)19-16(20)15-8-10-7-11(17)2-5-14(10)21-15/h2-8H,1H3,(H,19,20). The Morgan fingerprint density at radius 1 is 1.19 bits per heavy atom. The molecule has 0 fully saturated rings. The van der Waals surface area contributed by atoms with Crippen LogP contribution in [0.1, 0.15) is 16.1 Å². The first kappa shape index (κ1) is 13.6. The predicted octanol–water partition coefficient (Wildman–Crippen LogP) is 4.79. The van der Waals surface area contributed by atoms with E-state index in [0.717, 1.165) is 5.39 Å². The van der Waals surface area contributed by atoms with Gasteiger partial charge >= 0.3 is 0 Å². The smallest absolute Gasteiger partial charge is 0.291 e. The molecule has 1 amide bonds. The van der Waals surface area contributed by atoms with Crippen LogP contribution < -0.4 is 5.32 Å². The van der Waals surface area contributed by atoms with Crippen LogP contribution in [0.4, 0.5) is 10.1 Å². The number of halogens is 2. The summed E-state index contributed by atoms with van der Waals surface area (Å²) in [6.07, 6.45) is 0. The van der Waals surface area contributed by atoms with Gasteiger partial charge in [-0.25, -0.2) is 4.39 Å². The molecular weight excluding hydrogens is 293 g/mol. The van der Waals surface area contributed by atoms with E-state index in [1.165, 1.54) is 18.2 Å². The molecule has 3 aromatic rings. The molecule has 2 aromatic carbocycles. The summed E-state index contributed by atoms with van der Waals surface area (Å²) >= 11 is 5.90. The summed E-state index contributed by atoms with van der Waals surface area (Å²) in [6.45, 7) is 1.72. The lowest BCUT2D eigenvalue weighted by Gasteiger charge is -2.06. The van der Waals surface area contributed by atoms with E-state index in [-0.39, 0.29) is 11.6 Å². The van der Waals surface area contributed by atoms with Gasteiger partial charge in [0.15, 0.2) is 5.76 Å². The summed E-state index contributed by atoms with van der Waals surface area (Å²) < 4.78 is 18.5. The van der Waals surface area contributed by atoms with Gasteiger partial charge in [-0.05, 0) is 55.0 Å². The maximum Gasteiger partial charge on any atom is 0.291 e. The lowest BCUT2D eigenvalue weighted by atomic mass is 10.2. The number of hydrogen-bond acceptors (Lipinski definition) is 2.